The molecule has 6 heterocycles. The van der Waals surface area contributed by atoms with E-state index in [0.29, 0.717) is 29.6 Å². The first-order valence-electron chi connectivity index (χ1n) is 18.6. The predicted molar refractivity (Wildman–Crippen MR) is 209 cm³/mol. The Balaban J connectivity index is 0.000000143. The molecule has 4 aromatic heterocycles. The Labute approximate surface area is 300 Å². The van der Waals surface area contributed by atoms with Crippen LogP contribution in [-0.4, -0.2) is 65.2 Å². The summed E-state index contributed by atoms with van der Waals surface area (Å²) in [7, 11) is -1.68. The molecular formula is C36H56N6O3S2Si2. The van der Waals surface area contributed by atoms with Crippen LogP contribution in [0.1, 0.15) is 120 Å². The lowest BCUT2D eigenvalue weighted by Gasteiger charge is -2.33. The van der Waals surface area contributed by atoms with E-state index in [1.807, 2.05) is 6.07 Å². The second-order valence-electron chi connectivity index (χ2n) is 16.6. The number of hydrogen-bond acceptors (Lipinski definition) is 7. The van der Waals surface area contributed by atoms with Crippen LogP contribution < -0.4 is 11.1 Å². The Hall–Kier alpha value is -2.33. The van der Waals surface area contributed by atoms with E-state index in [1.165, 1.54) is 93.4 Å². The van der Waals surface area contributed by atoms with Gasteiger partial charge in [-0.15, -0.1) is 22.7 Å². The van der Waals surface area contributed by atoms with Crippen LogP contribution in [-0.2, 0) is 0 Å². The number of hydrogen-bond donors (Lipinski definition) is 5. The van der Waals surface area contributed by atoms with Crippen molar-refractivity contribution in [2.75, 3.05) is 0 Å². The number of thiazole rings is 2. The first-order chi connectivity index (χ1) is 23.3. The van der Waals surface area contributed by atoms with Crippen molar-refractivity contribution in [3.63, 3.8) is 0 Å². The Morgan fingerprint density at radius 3 is 1.59 bits per heavy atom. The average molecular weight is 741 g/mol. The maximum absolute atomic E-state index is 12.5. The monoisotopic (exact) mass is 740 g/mol. The van der Waals surface area contributed by atoms with E-state index in [0.717, 1.165) is 38.5 Å². The van der Waals surface area contributed by atoms with Crippen LogP contribution in [0.3, 0.4) is 0 Å². The van der Waals surface area contributed by atoms with Crippen LogP contribution >= 0.6 is 22.7 Å². The number of aromatic amines is 2. The average Bonchev–Trinajstić information content (AvgIpc) is 3.88. The summed E-state index contributed by atoms with van der Waals surface area (Å²) in [4.78, 5) is 38.6. The van der Waals surface area contributed by atoms with E-state index in [2.05, 4.69) is 46.5 Å². The van der Waals surface area contributed by atoms with Crippen molar-refractivity contribution in [3.8, 4) is 0 Å². The zero-order valence-electron chi connectivity index (χ0n) is 29.8. The molecular weight excluding hydrogens is 685 g/mol. The summed E-state index contributed by atoms with van der Waals surface area (Å²) < 4.78 is 2.08. The van der Waals surface area contributed by atoms with Gasteiger partial charge in [0, 0.05) is 40.1 Å². The van der Waals surface area contributed by atoms with Crippen LogP contribution in [0.25, 0.3) is 20.7 Å². The summed E-state index contributed by atoms with van der Waals surface area (Å²) in [5.41, 5.74) is 8.30. The molecule has 0 atom stereocenters. The molecule has 0 bridgehead atoms. The zero-order chi connectivity index (χ0) is 34.8. The predicted octanol–water partition coefficient (Wildman–Crippen LogP) is 9.68. The number of nitrogens with one attached hydrogen (secondary N) is 3. The van der Waals surface area contributed by atoms with Crippen molar-refractivity contribution in [2.45, 2.75) is 151 Å². The topological polar surface area (TPSA) is 150 Å². The van der Waals surface area contributed by atoms with Gasteiger partial charge in [-0.05, 0) is 63.5 Å². The second kappa shape index (κ2) is 15.5. The molecule has 49 heavy (non-hydrogen) atoms. The molecule has 13 heteroatoms. The number of amides is 1. The van der Waals surface area contributed by atoms with Crippen molar-refractivity contribution < 1.29 is 14.7 Å². The molecule has 2 saturated heterocycles. The summed E-state index contributed by atoms with van der Waals surface area (Å²) in [5.74, 6) is 0.350. The fourth-order valence-electron chi connectivity index (χ4n) is 7.82. The van der Waals surface area contributed by atoms with Gasteiger partial charge in [-0.25, -0.2) is 14.8 Å². The number of carboxylic acid groups (broad SMARTS) is 1. The Morgan fingerprint density at radius 2 is 1.16 bits per heavy atom. The summed E-state index contributed by atoms with van der Waals surface area (Å²) in [6, 6.07) is 10.1. The minimum absolute atomic E-state index is 0.0361. The van der Waals surface area contributed by atoms with Crippen molar-refractivity contribution in [1.29, 1.82) is 0 Å². The first kappa shape index (κ1) is 36.5. The number of carboxylic acids is 1. The van der Waals surface area contributed by atoms with Gasteiger partial charge in [-0.3, -0.25) is 4.79 Å². The highest BCUT2D eigenvalue weighted by atomic mass is 32.1. The van der Waals surface area contributed by atoms with Gasteiger partial charge in [0.05, 0.1) is 19.4 Å². The van der Waals surface area contributed by atoms with E-state index in [-0.39, 0.29) is 11.6 Å². The molecule has 0 aromatic carbocycles. The molecule has 8 rings (SSSR count). The Morgan fingerprint density at radius 1 is 0.735 bits per heavy atom. The minimum Gasteiger partial charge on any atom is -0.477 e. The molecule has 4 aliphatic rings. The van der Waals surface area contributed by atoms with Gasteiger partial charge < -0.3 is 26.1 Å². The van der Waals surface area contributed by atoms with E-state index < -0.39 is 22.1 Å². The van der Waals surface area contributed by atoms with Crippen LogP contribution in [0.15, 0.2) is 12.1 Å². The summed E-state index contributed by atoms with van der Waals surface area (Å²) in [6.07, 6.45) is 15.1. The lowest BCUT2D eigenvalue weighted by molar-refractivity contribution is 0.0691. The molecule has 2 aliphatic carbocycles. The number of aromatic nitrogens is 4. The number of H-pyrrole nitrogens is 2. The molecule has 4 fully saturated rings. The van der Waals surface area contributed by atoms with Gasteiger partial charge in [-0.1, -0.05) is 76.0 Å². The summed E-state index contributed by atoms with van der Waals surface area (Å²) >= 11 is 3.39. The van der Waals surface area contributed by atoms with E-state index in [1.54, 1.807) is 28.7 Å². The lowest BCUT2D eigenvalue weighted by atomic mass is 10.1. The molecule has 0 unspecified atom stereocenters. The quantitative estimate of drug-likeness (QED) is 0.129. The number of nitrogens with two attached hydrogens (primary N) is 1. The number of rotatable bonds is 5. The van der Waals surface area contributed by atoms with Crippen molar-refractivity contribution in [2.24, 2.45) is 5.73 Å². The van der Waals surface area contributed by atoms with Gasteiger partial charge in [0.15, 0.2) is 0 Å². The van der Waals surface area contributed by atoms with Gasteiger partial charge in [0.25, 0.3) is 5.91 Å². The molecule has 2 aliphatic heterocycles. The van der Waals surface area contributed by atoms with Crippen LogP contribution in [0.5, 0.6) is 0 Å². The molecule has 6 N–H and O–H groups in total. The minimum atomic E-state index is -0.965. The highest BCUT2D eigenvalue weighted by Crippen LogP contribution is 2.39. The highest BCUT2D eigenvalue weighted by Gasteiger charge is 2.30. The molecule has 0 radical (unpaired) electrons. The smallest absolute Gasteiger partial charge is 0.352 e. The van der Waals surface area contributed by atoms with Crippen LogP contribution in [0.2, 0.25) is 50.4 Å². The van der Waals surface area contributed by atoms with Crippen LogP contribution in [0, 0.1) is 0 Å². The number of nitrogens with zero attached hydrogens (tertiary/aromatic N) is 2. The highest BCUT2D eigenvalue weighted by molar-refractivity contribution is 7.19. The third-order valence-corrected chi connectivity index (χ3v) is 20.2. The van der Waals surface area contributed by atoms with Gasteiger partial charge in [0.2, 0.25) is 0 Å². The van der Waals surface area contributed by atoms with Gasteiger partial charge in [0.1, 0.15) is 22.7 Å². The fourth-order valence-corrected chi connectivity index (χ4v) is 15.2. The molecule has 268 valence electrons. The number of aromatic carboxylic acids is 1. The molecule has 2 saturated carbocycles. The molecule has 0 spiro atoms. The normalized spacial score (nSPS) is 21.7. The van der Waals surface area contributed by atoms with Gasteiger partial charge >= 0.3 is 5.97 Å². The van der Waals surface area contributed by atoms with Gasteiger partial charge in [-0.2, -0.15) is 0 Å². The number of carbonyl (C=O) groups is 2. The van der Waals surface area contributed by atoms with Crippen LogP contribution in [0.4, 0.5) is 0 Å². The SMILES string of the molecule is C[Si]1(C)CCC(N)CC1.C[Si]1(C)CCC(NC(=O)c2cc3sc(C4CCCC4)nc3[nH]2)CC1.O=C(O)c1cc2sc(C3CCCC3)nc2[nH]1. The second-order valence-corrected chi connectivity index (χ2v) is 29.4. The summed E-state index contributed by atoms with van der Waals surface area (Å²) in [6.45, 7) is 9.85. The van der Waals surface area contributed by atoms with Crippen molar-refractivity contribution in [1.82, 2.24) is 25.3 Å². The number of fused-ring (bicyclic) bond motifs is 2. The van der Waals surface area contributed by atoms with Crippen molar-refractivity contribution >= 4 is 71.4 Å². The largest absolute Gasteiger partial charge is 0.477 e. The third kappa shape index (κ3) is 9.52. The van der Waals surface area contributed by atoms with Crippen molar-refractivity contribution in [3.05, 3.63) is 33.5 Å². The van der Waals surface area contributed by atoms with E-state index >= 15 is 0 Å². The van der Waals surface area contributed by atoms with E-state index in [9.17, 15) is 9.59 Å². The molecule has 4 aromatic rings. The Bertz CT molecular complexity index is 1650. The van der Waals surface area contributed by atoms with E-state index in [4.69, 9.17) is 15.8 Å². The third-order valence-electron chi connectivity index (χ3n) is 11.3. The lowest BCUT2D eigenvalue weighted by Crippen LogP contribution is -2.42. The molecule has 1 amide bonds. The standard InChI is InChI=1S/C18H27N3OSSi.C11H12N2O2S.C7H17NSi/c1-24(2)9-7-13(8-10-24)19-17(22)14-11-15-16(20-14)21-18(23-15)12-5-3-4-6-12;14-11(15)7-5-8-9(12-7)13-10(16-8)6-3-1-2-4-6;1-9(2)5-3-7(8)4-6-9/h11-13,20H,3-10H2,1-2H3,(H,19,22);5-6,12H,1-4H2,(H,14,15);7H,3-6,8H2,1-2H3. The molecule has 9 nitrogen and oxygen atoms in total. The fraction of sp³-hybridized carbons (Fsp3) is 0.667. The maximum atomic E-state index is 12.5. The Kier molecular flexibility index (Phi) is 11.5. The summed E-state index contributed by atoms with van der Waals surface area (Å²) in [5, 5.41) is 14.5. The maximum Gasteiger partial charge on any atom is 0.352 e. The zero-order valence-corrected chi connectivity index (χ0v) is 33.5. The number of carbonyl (C=O) groups excluding carboxylic acids is 1. The first-order valence-corrected chi connectivity index (χ1v) is 27.1.